The van der Waals surface area contributed by atoms with Crippen LogP contribution in [-0.4, -0.2) is 12.3 Å². The molecule has 0 amide bonds. The molecule has 0 heterocycles. The molecular formula is C8H5F5. The van der Waals surface area contributed by atoms with Gasteiger partial charge in [0.25, 0.3) is 0 Å². The van der Waals surface area contributed by atoms with E-state index in [1.54, 1.807) is 0 Å². The van der Waals surface area contributed by atoms with Crippen molar-refractivity contribution in [2.24, 2.45) is 0 Å². The quantitative estimate of drug-likeness (QED) is 0.521. The first-order chi connectivity index (χ1) is 5.84. The number of rotatable bonds is 0. The Morgan fingerprint density at radius 1 is 1.23 bits per heavy atom. The van der Waals surface area contributed by atoms with Gasteiger partial charge in [0.05, 0.1) is 5.57 Å². The van der Waals surface area contributed by atoms with Gasteiger partial charge in [0.1, 0.15) is 0 Å². The molecule has 0 radical (unpaired) electrons. The molecule has 0 N–H and O–H groups in total. The summed E-state index contributed by atoms with van der Waals surface area (Å²) in [6.45, 7) is 3.06. The molecule has 72 valence electrons. The Hall–Kier alpha value is -1.13. The van der Waals surface area contributed by atoms with Gasteiger partial charge in [0, 0.05) is 0 Å². The average Bonchev–Trinajstić information content (AvgIpc) is 1.98. The standard InChI is InChI=1S/C8H5F5/c1-4-2-3-5(8(11,12)13)7(10)6(4)9/h2-3,6H,1H2. The Balaban J connectivity index is 3.12. The lowest BCUT2D eigenvalue weighted by Gasteiger charge is -2.16. The van der Waals surface area contributed by atoms with Crippen LogP contribution in [0.5, 0.6) is 0 Å². The lowest BCUT2D eigenvalue weighted by molar-refractivity contribution is -0.0908. The second kappa shape index (κ2) is 2.97. The zero-order valence-corrected chi connectivity index (χ0v) is 6.33. The third-order valence-corrected chi connectivity index (χ3v) is 1.57. The van der Waals surface area contributed by atoms with Gasteiger partial charge in [-0.05, 0) is 11.6 Å². The maximum absolute atomic E-state index is 12.7. The maximum atomic E-state index is 12.7. The molecule has 1 aliphatic rings. The molecule has 0 aromatic heterocycles. The van der Waals surface area contributed by atoms with Gasteiger partial charge in [-0.3, -0.25) is 0 Å². The summed E-state index contributed by atoms with van der Waals surface area (Å²) in [7, 11) is 0. The normalized spacial score (nSPS) is 24.1. The van der Waals surface area contributed by atoms with Gasteiger partial charge in [-0.2, -0.15) is 13.2 Å². The Labute approximate surface area is 71.0 Å². The van der Waals surface area contributed by atoms with Gasteiger partial charge < -0.3 is 0 Å². The van der Waals surface area contributed by atoms with Crippen LogP contribution in [0, 0.1) is 0 Å². The molecule has 0 aromatic rings. The van der Waals surface area contributed by atoms with Crippen LogP contribution in [-0.2, 0) is 0 Å². The van der Waals surface area contributed by atoms with Gasteiger partial charge in [0.15, 0.2) is 12.0 Å². The molecule has 5 heteroatoms. The molecule has 0 aliphatic heterocycles. The van der Waals surface area contributed by atoms with Crippen LogP contribution in [0.3, 0.4) is 0 Å². The van der Waals surface area contributed by atoms with E-state index in [1.807, 2.05) is 0 Å². The Bertz CT molecular complexity index is 294. The summed E-state index contributed by atoms with van der Waals surface area (Å²) < 4.78 is 61.2. The first-order valence-corrected chi connectivity index (χ1v) is 3.32. The summed E-state index contributed by atoms with van der Waals surface area (Å²) in [5, 5.41) is 0. The number of allylic oxidation sites excluding steroid dienone is 5. The molecule has 1 unspecified atom stereocenters. The van der Waals surface area contributed by atoms with Crippen molar-refractivity contribution in [2.75, 3.05) is 0 Å². The predicted molar refractivity (Wildman–Crippen MR) is 37.4 cm³/mol. The second-order valence-electron chi connectivity index (χ2n) is 2.53. The van der Waals surface area contributed by atoms with Gasteiger partial charge in [-0.25, -0.2) is 8.78 Å². The molecule has 1 rings (SSSR count). The highest BCUT2D eigenvalue weighted by atomic mass is 19.4. The zero-order valence-electron chi connectivity index (χ0n) is 6.33. The molecule has 0 spiro atoms. The van der Waals surface area contributed by atoms with Crippen LogP contribution in [0.2, 0.25) is 0 Å². The number of alkyl halides is 4. The summed E-state index contributed by atoms with van der Waals surface area (Å²) in [5.41, 5.74) is -1.89. The molecule has 0 nitrogen and oxygen atoms in total. The lowest BCUT2D eigenvalue weighted by atomic mass is 10.0. The minimum Gasteiger partial charge on any atom is -0.234 e. The molecule has 1 atom stereocenters. The molecule has 13 heavy (non-hydrogen) atoms. The summed E-state index contributed by atoms with van der Waals surface area (Å²) in [6.07, 6.45) is -5.93. The van der Waals surface area contributed by atoms with Crippen molar-refractivity contribution in [2.45, 2.75) is 12.3 Å². The van der Waals surface area contributed by atoms with Crippen molar-refractivity contribution in [3.63, 3.8) is 0 Å². The van der Waals surface area contributed by atoms with Crippen molar-refractivity contribution in [1.29, 1.82) is 0 Å². The van der Waals surface area contributed by atoms with Crippen LogP contribution in [0.15, 0.2) is 35.7 Å². The van der Waals surface area contributed by atoms with E-state index in [-0.39, 0.29) is 5.57 Å². The van der Waals surface area contributed by atoms with E-state index in [0.717, 1.165) is 6.08 Å². The molecule has 0 saturated carbocycles. The Morgan fingerprint density at radius 2 is 1.77 bits per heavy atom. The van der Waals surface area contributed by atoms with E-state index >= 15 is 0 Å². The van der Waals surface area contributed by atoms with E-state index in [1.165, 1.54) is 0 Å². The van der Waals surface area contributed by atoms with Crippen molar-refractivity contribution in [3.8, 4) is 0 Å². The smallest absolute Gasteiger partial charge is 0.234 e. The van der Waals surface area contributed by atoms with Gasteiger partial charge in [-0.15, -0.1) is 0 Å². The van der Waals surface area contributed by atoms with Gasteiger partial charge in [0.2, 0.25) is 0 Å². The second-order valence-corrected chi connectivity index (χ2v) is 2.53. The largest absolute Gasteiger partial charge is 0.419 e. The molecular weight excluding hydrogens is 191 g/mol. The number of halogens is 5. The van der Waals surface area contributed by atoms with Crippen LogP contribution in [0.1, 0.15) is 0 Å². The molecule has 1 aliphatic carbocycles. The van der Waals surface area contributed by atoms with Crippen molar-refractivity contribution >= 4 is 0 Å². The topological polar surface area (TPSA) is 0 Å². The Kier molecular flexibility index (Phi) is 2.28. The first kappa shape index (κ1) is 9.95. The summed E-state index contributed by atoms with van der Waals surface area (Å²) >= 11 is 0. The van der Waals surface area contributed by atoms with E-state index in [9.17, 15) is 22.0 Å². The zero-order chi connectivity index (χ0) is 10.2. The van der Waals surface area contributed by atoms with Crippen LogP contribution in [0.25, 0.3) is 0 Å². The monoisotopic (exact) mass is 196 g/mol. The molecule has 0 saturated heterocycles. The fourth-order valence-electron chi connectivity index (χ4n) is 0.884. The summed E-state index contributed by atoms with van der Waals surface area (Å²) in [6, 6.07) is 0. The number of hydrogen-bond donors (Lipinski definition) is 0. The molecule has 0 bridgehead atoms. The third kappa shape index (κ3) is 1.79. The van der Waals surface area contributed by atoms with Gasteiger partial charge >= 0.3 is 6.18 Å². The highest BCUT2D eigenvalue weighted by Crippen LogP contribution is 2.36. The fraction of sp³-hybridized carbons (Fsp3) is 0.250. The van der Waals surface area contributed by atoms with E-state index in [2.05, 4.69) is 6.58 Å². The minimum absolute atomic E-state index is 0.314. The van der Waals surface area contributed by atoms with E-state index in [0.29, 0.717) is 6.08 Å². The fourth-order valence-corrected chi connectivity index (χ4v) is 0.884. The molecule has 0 aromatic carbocycles. The van der Waals surface area contributed by atoms with Crippen LogP contribution in [0.4, 0.5) is 22.0 Å². The average molecular weight is 196 g/mol. The van der Waals surface area contributed by atoms with E-state index in [4.69, 9.17) is 0 Å². The predicted octanol–water partition coefficient (Wildman–Crippen LogP) is 3.24. The highest BCUT2D eigenvalue weighted by Gasteiger charge is 2.39. The Morgan fingerprint density at radius 3 is 2.23 bits per heavy atom. The lowest BCUT2D eigenvalue weighted by Crippen LogP contribution is -2.19. The summed E-state index contributed by atoms with van der Waals surface area (Å²) in [4.78, 5) is 0. The SMILES string of the molecule is C=C1C=CC(C(F)(F)F)=C(F)C1F. The maximum Gasteiger partial charge on any atom is 0.419 e. The van der Waals surface area contributed by atoms with Gasteiger partial charge in [-0.1, -0.05) is 12.7 Å². The van der Waals surface area contributed by atoms with Crippen LogP contribution < -0.4 is 0 Å². The van der Waals surface area contributed by atoms with E-state index < -0.39 is 23.7 Å². The minimum atomic E-state index is -4.86. The molecule has 0 fully saturated rings. The van der Waals surface area contributed by atoms with Crippen molar-refractivity contribution in [3.05, 3.63) is 35.7 Å². The first-order valence-electron chi connectivity index (χ1n) is 3.32. The summed E-state index contributed by atoms with van der Waals surface area (Å²) in [5.74, 6) is -1.82. The number of hydrogen-bond acceptors (Lipinski definition) is 0. The van der Waals surface area contributed by atoms with Crippen molar-refractivity contribution < 1.29 is 22.0 Å². The third-order valence-electron chi connectivity index (χ3n) is 1.57. The van der Waals surface area contributed by atoms with Crippen molar-refractivity contribution in [1.82, 2.24) is 0 Å². The van der Waals surface area contributed by atoms with Crippen LogP contribution >= 0.6 is 0 Å². The highest BCUT2D eigenvalue weighted by molar-refractivity contribution is 5.43.